The van der Waals surface area contributed by atoms with Crippen molar-refractivity contribution in [3.8, 4) is 11.5 Å². The van der Waals surface area contributed by atoms with Crippen LogP contribution in [0.3, 0.4) is 0 Å². The van der Waals surface area contributed by atoms with Gasteiger partial charge in [-0.1, -0.05) is 0 Å². The molecule has 0 saturated carbocycles. The first-order valence-electron chi connectivity index (χ1n) is 6.91. The van der Waals surface area contributed by atoms with Crippen molar-refractivity contribution >= 4 is 5.97 Å². The van der Waals surface area contributed by atoms with E-state index in [1.165, 1.54) is 13.2 Å². The fourth-order valence-electron chi connectivity index (χ4n) is 2.94. The minimum atomic E-state index is -0.563. The van der Waals surface area contributed by atoms with Gasteiger partial charge in [0, 0.05) is 24.2 Å². The molecule has 1 aromatic carbocycles. The highest BCUT2D eigenvalue weighted by atomic mass is 16.5. The van der Waals surface area contributed by atoms with Gasteiger partial charge in [0.05, 0.1) is 14.2 Å². The third-order valence-electron chi connectivity index (χ3n) is 4.08. The molecule has 2 unspecified atom stereocenters. The van der Waals surface area contributed by atoms with Gasteiger partial charge in [-0.2, -0.15) is 0 Å². The van der Waals surface area contributed by atoms with Gasteiger partial charge in [0.2, 0.25) is 0 Å². The SMILES string of the molecule is COC(=O)c1cc(C2CC(CN)CN2C)c(OC)cc1O. The summed E-state index contributed by atoms with van der Waals surface area (Å²) in [4.78, 5) is 13.9. The highest BCUT2D eigenvalue weighted by Gasteiger charge is 2.32. The molecule has 0 spiro atoms. The zero-order chi connectivity index (χ0) is 15.6. The Morgan fingerprint density at radius 3 is 2.71 bits per heavy atom. The molecule has 1 saturated heterocycles. The average Bonchev–Trinajstić information content (AvgIpc) is 2.87. The molecule has 21 heavy (non-hydrogen) atoms. The molecule has 116 valence electrons. The van der Waals surface area contributed by atoms with E-state index in [1.807, 2.05) is 7.05 Å². The molecule has 1 fully saturated rings. The number of rotatable bonds is 4. The van der Waals surface area contributed by atoms with Gasteiger partial charge in [0.1, 0.15) is 17.1 Å². The van der Waals surface area contributed by atoms with Crippen molar-refractivity contribution in [3.63, 3.8) is 0 Å². The smallest absolute Gasteiger partial charge is 0.341 e. The number of methoxy groups -OCH3 is 2. The number of hydrogen-bond acceptors (Lipinski definition) is 6. The first-order chi connectivity index (χ1) is 10.0. The van der Waals surface area contributed by atoms with Crippen LogP contribution in [0.5, 0.6) is 11.5 Å². The summed E-state index contributed by atoms with van der Waals surface area (Å²) in [7, 11) is 4.85. The Morgan fingerprint density at radius 1 is 1.48 bits per heavy atom. The van der Waals surface area contributed by atoms with E-state index in [1.54, 1.807) is 13.2 Å². The lowest BCUT2D eigenvalue weighted by molar-refractivity contribution is 0.0597. The van der Waals surface area contributed by atoms with Crippen molar-refractivity contribution in [3.05, 3.63) is 23.3 Å². The molecule has 2 atom stereocenters. The number of carbonyl (C=O) groups excluding carboxylic acids is 1. The molecule has 1 heterocycles. The predicted molar refractivity (Wildman–Crippen MR) is 78.5 cm³/mol. The third-order valence-corrected chi connectivity index (χ3v) is 4.08. The van der Waals surface area contributed by atoms with Gasteiger partial charge in [-0.25, -0.2) is 4.79 Å². The fraction of sp³-hybridized carbons (Fsp3) is 0.533. The Hall–Kier alpha value is -1.79. The maximum atomic E-state index is 11.7. The van der Waals surface area contributed by atoms with E-state index in [-0.39, 0.29) is 17.4 Å². The van der Waals surface area contributed by atoms with Crippen LogP contribution in [0.2, 0.25) is 0 Å². The normalized spacial score (nSPS) is 22.3. The van der Waals surface area contributed by atoms with E-state index in [9.17, 15) is 9.90 Å². The second-order valence-electron chi connectivity index (χ2n) is 5.40. The molecule has 6 nitrogen and oxygen atoms in total. The Kier molecular flexibility index (Phi) is 4.69. The van der Waals surface area contributed by atoms with E-state index in [0.717, 1.165) is 18.5 Å². The van der Waals surface area contributed by atoms with Gasteiger partial charge >= 0.3 is 5.97 Å². The quantitative estimate of drug-likeness (QED) is 0.810. The fourth-order valence-corrected chi connectivity index (χ4v) is 2.94. The van der Waals surface area contributed by atoms with Crippen LogP contribution in [0.4, 0.5) is 0 Å². The number of phenols is 1. The van der Waals surface area contributed by atoms with Gasteiger partial charge < -0.3 is 20.3 Å². The van der Waals surface area contributed by atoms with Gasteiger partial charge in [-0.3, -0.25) is 4.90 Å². The molecule has 2 rings (SSSR count). The van der Waals surface area contributed by atoms with Crippen LogP contribution < -0.4 is 10.5 Å². The predicted octanol–water partition coefficient (Wildman–Crippen LogP) is 1.14. The molecule has 0 bridgehead atoms. The number of phenolic OH excluding ortho intramolecular Hbond substituents is 1. The third kappa shape index (κ3) is 2.96. The van der Waals surface area contributed by atoms with Crippen LogP contribution in [0.15, 0.2) is 12.1 Å². The molecule has 1 aliphatic rings. The summed E-state index contributed by atoms with van der Waals surface area (Å²) in [5, 5.41) is 9.94. The maximum absolute atomic E-state index is 11.7. The monoisotopic (exact) mass is 294 g/mol. The number of carbonyl (C=O) groups is 1. The van der Waals surface area contributed by atoms with E-state index in [4.69, 9.17) is 15.2 Å². The number of nitrogens with two attached hydrogens (primary N) is 1. The van der Waals surface area contributed by atoms with Crippen LogP contribution >= 0.6 is 0 Å². The number of likely N-dealkylation sites (tertiary alicyclic amines) is 1. The second kappa shape index (κ2) is 6.32. The maximum Gasteiger partial charge on any atom is 0.341 e. The Bertz CT molecular complexity index is 533. The average molecular weight is 294 g/mol. The van der Waals surface area contributed by atoms with Crippen molar-refractivity contribution in [1.82, 2.24) is 4.90 Å². The molecular weight excluding hydrogens is 272 g/mol. The zero-order valence-electron chi connectivity index (χ0n) is 12.6. The molecule has 1 aromatic rings. The Morgan fingerprint density at radius 2 is 2.19 bits per heavy atom. The molecule has 0 aromatic heterocycles. The lowest BCUT2D eigenvalue weighted by Crippen LogP contribution is -2.21. The number of aromatic hydroxyl groups is 1. The molecule has 0 aliphatic carbocycles. The number of esters is 1. The summed E-state index contributed by atoms with van der Waals surface area (Å²) in [5.41, 5.74) is 6.78. The van der Waals surface area contributed by atoms with E-state index < -0.39 is 5.97 Å². The van der Waals surface area contributed by atoms with Crippen molar-refractivity contribution < 1.29 is 19.4 Å². The molecule has 1 aliphatic heterocycles. The number of nitrogens with zero attached hydrogens (tertiary/aromatic N) is 1. The van der Waals surface area contributed by atoms with Gasteiger partial charge in [-0.15, -0.1) is 0 Å². The second-order valence-corrected chi connectivity index (χ2v) is 5.40. The van der Waals surface area contributed by atoms with Crippen LogP contribution in [0.1, 0.15) is 28.4 Å². The number of benzene rings is 1. The molecule has 0 radical (unpaired) electrons. The van der Waals surface area contributed by atoms with Crippen LogP contribution in [0, 0.1) is 5.92 Å². The van der Waals surface area contributed by atoms with E-state index >= 15 is 0 Å². The van der Waals surface area contributed by atoms with Crippen LogP contribution in [-0.2, 0) is 4.74 Å². The lowest BCUT2D eigenvalue weighted by Gasteiger charge is -2.22. The van der Waals surface area contributed by atoms with Crippen molar-refractivity contribution in [2.24, 2.45) is 11.7 Å². The standard InChI is InChI=1S/C15H22N2O4/c1-17-8-9(7-16)4-12(17)10-5-11(15(19)21-3)13(18)6-14(10)20-2/h5-6,9,12,18H,4,7-8,16H2,1-3H3. The molecule has 6 heteroatoms. The summed E-state index contributed by atoms with van der Waals surface area (Å²) >= 11 is 0. The molecule has 0 amide bonds. The summed E-state index contributed by atoms with van der Waals surface area (Å²) in [6, 6.07) is 3.23. The topological polar surface area (TPSA) is 85.0 Å². The van der Waals surface area contributed by atoms with E-state index in [0.29, 0.717) is 18.2 Å². The Balaban J connectivity index is 2.44. The van der Waals surface area contributed by atoms with Crippen LogP contribution in [0.25, 0.3) is 0 Å². The number of ether oxygens (including phenoxy) is 2. The molecule has 3 N–H and O–H groups in total. The van der Waals surface area contributed by atoms with Gasteiger partial charge in [0.15, 0.2) is 0 Å². The summed E-state index contributed by atoms with van der Waals surface area (Å²) in [5.74, 6) is 0.278. The van der Waals surface area contributed by atoms with Crippen molar-refractivity contribution in [2.45, 2.75) is 12.5 Å². The highest BCUT2D eigenvalue weighted by Crippen LogP contribution is 2.40. The minimum absolute atomic E-state index is 0.109. The summed E-state index contributed by atoms with van der Waals surface area (Å²) < 4.78 is 10.1. The Labute approximate surface area is 124 Å². The first kappa shape index (κ1) is 15.6. The molecular formula is C15H22N2O4. The summed E-state index contributed by atoms with van der Waals surface area (Å²) in [6.07, 6.45) is 0.898. The van der Waals surface area contributed by atoms with E-state index in [2.05, 4.69) is 4.90 Å². The van der Waals surface area contributed by atoms with Crippen molar-refractivity contribution in [1.29, 1.82) is 0 Å². The largest absolute Gasteiger partial charge is 0.507 e. The van der Waals surface area contributed by atoms with Crippen molar-refractivity contribution in [2.75, 3.05) is 34.4 Å². The highest BCUT2D eigenvalue weighted by molar-refractivity contribution is 5.93. The lowest BCUT2D eigenvalue weighted by atomic mass is 9.97. The first-order valence-corrected chi connectivity index (χ1v) is 6.91. The van der Waals surface area contributed by atoms with Gasteiger partial charge in [0.25, 0.3) is 0 Å². The number of hydrogen-bond donors (Lipinski definition) is 2. The zero-order valence-corrected chi connectivity index (χ0v) is 12.6. The minimum Gasteiger partial charge on any atom is -0.507 e. The summed E-state index contributed by atoms with van der Waals surface area (Å²) in [6.45, 7) is 1.53. The van der Waals surface area contributed by atoms with Crippen LogP contribution in [-0.4, -0.2) is 50.3 Å². The van der Waals surface area contributed by atoms with Gasteiger partial charge in [-0.05, 0) is 32.0 Å².